The predicted octanol–water partition coefficient (Wildman–Crippen LogP) is 2.38. The quantitative estimate of drug-likeness (QED) is 0.778. The molecule has 0 spiro atoms. The number of nitrogens with one attached hydrogen (secondary N) is 2. The van der Waals surface area contributed by atoms with E-state index in [0.717, 1.165) is 38.1 Å². The molecule has 1 fully saturated rings. The minimum absolute atomic E-state index is 0.0417. The van der Waals surface area contributed by atoms with Crippen LogP contribution < -0.4 is 10.6 Å². The third-order valence-corrected chi connectivity index (χ3v) is 4.74. The Kier molecular flexibility index (Phi) is 7.50. The van der Waals surface area contributed by atoms with Crippen LogP contribution in [0.3, 0.4) is 0 Å². The normalized spacial score (nSPS) is 16.4. The number of benzene rings is 1. The number of nitrogens with zero attached hydrogens (tertiary/aromatic N) is 1. The van der Waals surface area contributed by atoms with Crippen molar-refractivity contribution >= 4 is 11.8 Å². The van der Waals surface area contributed by atoms with E-state index in [1.165, 1.54) is 13.0 Å². The van der Waals surface area contributed by atoms with Crippen LogP contribution in [0.1, 0.15) is 44.7 Å². The summed E-state index contributed by atoms with van der Waals surface area (Å²) in [5.74, 6) is -1.40. The molecule has 2 N–H and O–H groups in total. The Balaban J connectivity index is 2.00. The molecule has 2 amide bonds. The summed E-state index contributed by atoms with van der Waals surface area (Å²) in [6.07, 6.45) is 1.81. The van der Waals surface area contributed by atoms with E-state index in [9.17, 15) is 18.4 Å². The molecule has 0 saturated carbocycles. The van der Waals surface area contributed by atoms with Gasteiger partial charge in [0, 0.05) is 31.6 Å². The number of hydrogen-bond donors (Lipinski definition) is 2. The van der Waals surface area contributed by atoms with Gasteiger partial charge >= 0.3 is 0 Å². The van der Waals surface area contributed by atoms with Gasteiger partial charge in [-0.3, -0.25) is 9.59 Å². The van der Waals surface area contributed by atoms with Crippen molar-refractivity contribution in [3.05, 3.63) is 35.4 Å². The number of amides is 2. The van der Waals surface area contributed by atoms with E-state index >= 15 is 0 Å². The lowest BCUT2D eigenvalue weighted by atomic mass is 9.95. The van der Waals surface area contributed by atoms with Crippen molar-refractivity contribution < 1.29 is 18.4 Å². The van der Waals surface area contributed by atoms with E-state index in [-0.39, 0.29) is 23.8 Å². The van der Waals surface area contributed by atoms with Gasteiger partial charge in [0.1, 0.15) is 11.6 Å². The molecule has 1 heterocycles. The molecule has 0 aromatic heterocycles. The minimum atomic E-state index is -0.805. The minimum Gasteiger partial charge on any atom is -0.349 e. The Morgan fingerprint density at radius 3 is 2.54 bits per heavy atom. The van der Waals surface area contributed by atoms with Crippen LogP contribution in [0.2, 0.25) is 0 Å². The zero-order valence-electron chi connectivity index (χ0n) is 15.4. The molecule has 7 heteroatoms. The molecule has 0 bridgehead atoms. The van der Waals surface area contributed by atoms with Crippen LogP contribution in [0.15, 0.2) is 18.2 Å². The number of carbonyl (C=O) groups excluding carboxylic acids is 2. The second-order valence-corrected chi connectivity index (χ2v) is 6.75. The number of hydrogen-bond acceptors (Lipinski definition) is 3. The van der Waals surface area contributed by atoms with Gasteiger partial charge in [-0.2, -0.15) is 0 Å². The van der Waals surface area contributed by atoms with Gasteiger partial charge in [0.15, 0.2) is 0 Å². The summed E-state index contributed by atoms with van der Waals surface area (Å²) < 4.78 is 27.2. The molecular weight excluding hydrogens is 340 g/mol. The Morgan fingerprint density at radius 2 is 1.96 bits per heavy atom. The second kappa shape index (κ2) is 9.62. The SMILES string of the molecule is CCNCC1CCN(C(=O)CC(NC(C)=O)c2ccc(F)cc2F)CC1. The number of likely N-dealkylation sites (tertiary alicyclic amines) is 1. The van der Waals surface area contributed by atoms with Crippen LogP contribution in [0.5, 0.6) is 0 Å². The molecule has 2 rings (SSSR count). The lowest BCUT2D eigenvalue weighted by Gasteiger charge is -2.33. The summed E-state index contributed by atoms with van der Waals surface area (Å²) in [6, 6.07) is 2.37. The fourth-order valence-electron chi connectivity index (χ4n) is 3.31. The molecule has 0 aliphatic carbocycles. The second-order valence-electron chi connectivity index (χ2n) is 6.75. The monoisotopic (exact) mass is 367 g/mol. The fraction of sp³-hybridized carbons (Fsp3) is 0.579. The van der Waals surface area contributed by atoms with Gasteiger partial charge in [0.25, 0.3) is 0 Å². The highest BCUT2D eigenvalue weighted by Crippen LogP contribution is 2.24. The van der Waals surface area contributed by atoms with Crippen molar-refractivity contribution in [3.63, 3.8) is 0 Å². The molecule has 0 radical (unpaired) electrons. The maximum atomic E-state index is 14.1. The average Bonchev–Trinajstić information content (AvgIpc) is 2.59. The highest BCUT2D eigenvalue weighted by atomic mass is 19.1. The Hall–Kier alpha value is -2.02. The first-order chi connectivity index (χ1) is 12.4. The van der Waals surface area contributed by atoms with Crippen LogP contribution in [0.4, 0.5) is 8.78 Å². The molecule has 144 valence electrons. The van der Waals surface area contributed by atoms with Crippen molar-refractivity contribution in [3.8, 4) is 0 Å². The van der Waals surface area contributed by atoms with Crippen LogP contribution >= 0.6 is 0 Å². The summed E-state index contributed by atoms with van der Waals surface area (Å²) in [4.78, 5) is 25.9. The third kappa shape index (κ3) is 5.76. The molecule has 1 aliphatic rings. The summed E-state index contributed by atoms with van der Waals surface area (Å²) >= 11 is 0. The molecular formula is C19H27F2N3O2. The predicted molar refractivity (Wildman–Crippen MR) is 95.4 cm³/mol. The molecule has 1 aromatic carbocycles. The molecule has 1 saturated heterocycles. The number of halogens is 2. The van der Waals surface area contributed by atoms with E-state index in [4.69, 9.17) is 0 Å². The third-order valence-electron chi connectivity index (χ3n) is 4.74. The van der Waals surface area contributed by atoms with Gasteiger partial charge in [0.2, 0.25) is 11.8 Å². The Morgan fingerprint density at radius 1 is 1.27 bits per heavy atom. The molecule has 26 heavy (non-hydrogen) atoms. The largest absolute Gasteiger partial charge is 0.349 e. The van der Waals surface area contributed by atoms with Gasteiger partial charge in [-0.15, -0.1) is 0 Å². The Bertz CT molecular complexity index is 631. The first-order valence-corrected chi connectivity index (χ1v) is 9.11. The van der Waals surface area contributed by atoms with Crippen molar-refractivity contribution in [2.75, 3.05) is 26.2 Å². The number of piperidine rings is 1. The zero-order valence-corrected chi connectivity index (χ0v) is 15.4. The summed E-state index contributed by atoms with van der Waals surface area (Å²) in [5.41, 5.74) is 0.122. The highest BCUT2D eigenvalue weighted by molar-refractivity contribution is 5.79. The van der Waals surface area contributed by atoms with E-state index in [2.05, 4.69) is 17.6 Å². The van der Waals surface area contributed by atoms with Crippen molar-refractivity contribution in [1.29, 1.82) is 0 Å². The summed E-state index contributed by atoms with van der Waals surface area (Å²) in [7, 11) is 0. The van der Waals surface area contributed by atoms with Gasteiger partial charge in [-0.25, -0.2) is 8.78 Å². The van der Waals surface area contributed by atoms with Crippen molar-refractivity contribution in [2.24, 2.45) is 5.92 Å². The van der Waals surface area contributed by atoms with Gasteiger partial charge in [0.05, 0.1) is 12.5 Å². The molecule has 5 nitrogen and oxygen atoms in total. The molecule has 1 aromatic rings. The van der Waals surface area contributed by atoms with Gasteiger partial charge < -0.3 is 15.5 Å². The maximum Gasteiger partial charge on any atom is 0.224 e. The fourth-order valence-corrected chi connectivity index (χ4v) is 3.31. The summed E-state index contributed by atoms with van der Waals surface area (Å²) in [5, 5.41) is 5.93. The van der Waals surface area contributed by atoms with Crippen LogP contribution in [-0.4, -0.2) is 42.9 Å². The van der Waals surface area contributed by atoms with Crippen LogP contribution in [0, 0.1) is 17.6 Å². The molecule has 1 atom stereocenters. The lowest BCUT2D eigenvalue weighted by molar-refractivity contribution is -0.133. The van der Waals surface area contributed by atoms with Gasteiger partial charge in [-0.1, -0.05) is 13.0 Å². The summed E-state index contributed by atoms with van der Waals surface area (Å²) in [6.45, 7) is 6.58. The topological polar surface area (TPSA) is 61.4 Å². The van der Waals surface area contributed by atoms with E-state index in [1.807, 2.05) is 0 Å². The van der Waals surface area contributed by atoms with Crippen LogP contribution in [-0.2, 0) is 9.59 Å². The zero-order chi connectivity index (χ0) is 19.1. The van der Waals surface area contributed by atoms with E-state index < -0.39 is 17.7 Å². The lowest BCUT2D eigenvalue weighted by Crippen LogP contribution is -2.42. The van der Waals surface area contributed by atoms with Gasteiger partial charge in [-0.05, 0) is 37.9 Å². The molecule has 1 unspecified atom stereocenters. The standard InChI is InChI=1S/C19H27F2N3O2/c1-3-22-12-14-6-8-24(9-7-14)19(26)11-18(23-13(2)25)16-5-4-15(20)10-17(16)21/h4-5,10,14,18,22H,3,6-9,11-12H2,1-2H3,(H,23,25). The molecule has 1 aliphatic heterocycles. The number of rotatable bonds is 7. The smallest absolute Gasteiger partial charge is 0.224 e. The maximum absolute atomic E-state index is 14.1. The highest BCUT2D eigenvalue weighted by Gasteiger charge is 2.27. The van der Waals surface area contributed by atoms with Crippen molar-refractivity contribution in [2.45, 2.75) is 39.2 Å². The first-order valence-electron chi connectivity index (χ1n) is 9.11. The first kappa shape index (κ1) is 20.3. The average molecular weight is 367 g/mol. The van der Waals surface area contributed by atoms with Crippen LogP contribution in [0.25, 0.3) is 0 Å². The van der Waals surface area contributed by atoms with Crippen molar-refractivity contribution in [1.82, 2.24) is 15.5 Å². The Labute approximate surface area is 153 Å². The van der Waals surface area contributed by atoms with E-state index in [0.29, 0.717) is 19.0 Å². The number of carbonyl (C=O) groups is 2. The van der Waals surface area contributed by atoms with E-state index in [1.54, 1.807) is 4.90 Å².